The van der Waals surface area contributed by atoms with E-state index in [1.165, 1.54) is 0 Å². The van der Waals surface area contributed by atoms with Crippen molar-refractivity contribution >= 4 is 0 Å². The van der Waals surface area contributed by atoms with E-state index in [1.54, 1.807) is 6.26 Å². The van der Waals surface area contributed by atoms with Gasteiger partial charge in [-0.15, -0.1) is 0 Å². The van der Waals surface area contributed by atoms with Gasteiger partial charge in [0.15, 0.2) is 0 Å². The number of nitrogens with zero attached hydrogens (tertiary/aromatic N) is 3. The smallest absolute Gasteiger partial charge is 0.227 e. The molecule has 0 saturated heterocycles. The molecule has 0 amide bonds. The van der Waals surface area contributed by atoms with Gasteiger partial charge in [-0.3, -0.25) is 4.90 Å². The van der Waals surface area contributed by atoms with E-state index in [4.69, 9.17) is 19.0 Å². The van der Waals surface area contributed by atoms with Gasteiger partial charge >= 0.3 is 0 Å². The fourth-order valence-corrected chi connectivity index (χ4v) is 4.09. The van der Waals surface area contributed by atoms with E-state index in [0.717, 1.165) is 34.0 Å². The van der Waals surface area contributed by atoms with Gasteiger partial charge in [-0.2, -0.15) is 5.10 Å². The van der Waals surface area contributed by atoms with Gasteiger partial charge in [0.05, 0.1) is 48.1 Å². The van der Waals surface area contributed by atoms with Gasteiger partial charge in [0.1, 0.15) is 11.5 Å². The highest BCUT2D eigenvalue weighted by molar-refractivity contribution is 5.43. The maximum atomic E-state index is 10.8. The summed E-state index contributed by atoms with van der Waals surface area (Å²) >= 11 is 0. The first-order chi connectivity index (χ1) is 17.7. The van der Waals surface area contributed by atoms with E-state index in [-0.39, 0.29) is 12.2 Å². The number of rotatable bonds is 11. The first kappa shape index (κ1) is 26.7. The minimum Gasteiger partial charge on any atom is -0.468 e. The largest absolute Gasteiger partial charge is 0.468 e. The van der Waals surface area contributed by atoms with Crippen LogP contribution in [0.4, 0.5) is 0 Å². The van der Waals surface area contributed by atoms with Crippen molar-refractivity contribution in [3.8, 4) is 17.3 Å². The third-order valence-electron chi connectivity index (χ3n) is 5.86. The quantitative estimate of drug-likeness (QED) is 0.269. The summed E-state index contributed by atoms with van der Waals surface area (Å²) in [7, 11) is 0. The molecule has 0 fully saturated rings. The van der Waals surface area contributed by atoms with Crippen molar-refractivity contribution in [2.45, 2.75) is 59.4 Å². The van der Waals surface area contributed by atoms with Crippen molar-refractivity contribution in [1.82, 2.24) is 14.7 Å². The monoisotopic (exact) mass is 503 g/mol. The molecule has 37 heavy (non-hydrogen) atoms. The number of furan rings is 1. The molecule has 0 radical (unpaired) electrons. The molecule has 2 aromatic heterocycles. The zero-order valence-electron chi connectivity index (χ0n) is 22.3. The molecule has 0 saturated carbocycles. The predicted molar refractivity (Wildman–Crippen MR) is 144 cm³/mol. The van der Waals surface area contributed by atoms with Crippen LogP contribution in [0.2, 0.25) is 0 Å². The first-order valence-electron chi connectivity index (χ1n) is 12.6. The van der Waals surface area contributed by atoms with Crippen LogP contribution in [0, 0.1) is 13.8 Å². The van der Waals surface area contributed by atoms with Gasteiger partial charge in [-0.05, 0) is 76.6 Å². The van der Waals surface area contributed by atoms with Crippen molar-refractivity contribution in [2.24, 2.45) is 0 Å². The van der Waals surface area contributed by atoms with Crippen LogP contribution in [-0.2, 0) is 17.8 Å². The molecule has 0 bridgehead atoms. The van der Waals surface area contributed by atoms with Crippen molar-refractivity contribution in [2.75, 3.05) is 13.2 Å². The predicted octanol–water partition coefficient (Wildman–Crippen LogP) is 6.05. The molecule has 7 heteroatoms. The number of aromatic nitrogens is 2. The van der Waals surface area contributed by atoms with E-state index in [2.05, 4.69) is 4.90 Å². The highest BCUT2D eigenvalue weighted by atomic mass is 16.5. The standard InChI is InChI=1S/C30H37N3O4/c1-22-11-9-14-26(17-22)37-29-28(23(2)31-33(29)24-12-7-6-8-13-24)20-32(19-27-15-10-16-35-27)18-25(34)21-36-30(3,4)5/h6-17,25,34H,18-21H2,1-5H3/t25-/m0/s1. The van der Waals surface area contributed by atoms with Crippen molar-refractivity contribution < 1.29 is 19.0 Å². The van der Waals surface area contributed by atoms with Crippen LogP contribution in [0.1, 0.15) is 43.4 Å². The summed E-state index contributed by atoms with van der Waals surface area (Å²) in [6, 6.07) is 21.8. The second kappa shape index (κ2) is 11.8. The van der Waals surface area contributed by atoms with E-state index in [0.29, 0.717) is 25.5 Å². The van der Waals surface area contributed by atoms with Crippen molar-refractivity contribution in [3.63, 3.8) is 0 Å². The summed E-state index contributed by atoms with van der Waals surface area (Å²) in [4.78, 5) is 2.14. The number of para-hydroxylation sites is 1. The Balaban J connectivity index is 1.67. The lowest BCUT2D eigenvalue weighted by molar-refractivity contribution is -0.0576. The average molecular weight is 504 g/mol. The fraction of sp³-hybridized carbons (Fsp3) is 0.367. The number of hydrogen-bond acceptors (Lipinski definition) is 6. The van der Waals surface area contributed by atoms with Crippen LogP contribution in [0.25, 0.3) is 5.69 Å². The highest BCUT2D eigenvalue weighted by Gasteiger charge is 2.24. The van der Waals surface area contributed by atoms with E-state index < -0.39 is 6.10 Å². The number of hydrogen-bond donors (Lipinski definition) is 1. The zero-order valence-corrected chi connectivity index (χ0v) is 22.3. The Labute approximate surface area is 219 Å². The summed E-state index contributed by atoms with van der Waals surface area (Å²) in [6.07, 6.45) is 0.997. The van der Waals surface area contributed by atoms with Crippen LogP contribution in [0.15, 0.2) is 77.4 Å². The lowest BCUT2D eigenvalue weighted by Gasteiger charge is -2.27. The topological polar surface area (TPSA) is 72.9 Å². The molecule has 0 aliphatic carbocycles. The van der Waals surface area contributed by atoms with Crippen molar-refractivity contribution in [3.05, 3.63) is 95.6 Å². The van der Waals surface area contributed by atoms with Crippen LogP contribution < -0.4 is 4.74 Å². The molecule has 2 heterocycles. The maximum absolute atomic E-state index is 10.8. The third kappa shape index (κ3) is 7.55. The summed E-state index contributed by atoms with van der Waals surface area (Å²) in [5, 5.41) is 15.7. The Morgan fingerprint density at radius 1 is 1.00 bits per heavy atom. The molecule has 0 aliphatic heterocycles. The van der Waals surface area contributed by atoms with Crippen LogP contribution >= 0.6 is 0 Å². The molecular weight excluding hydrogens is 466 g/mol. The lowest BCUT2D eigenvalue weighted by atomic mass is 10.2. The molecule has 7 nitrogen and oxygen atoms in total. The average Bonchev–Trinajstić information content (AvgIpc) is 3.46. The Morgan fingerprint density at radius 3 is 2.46 bits per heavy atom. The Kier molecular flexibility index (Phi) is 8.48. The van der Waals surface area contributed by atoms with E-state index >= 15 is 0 Å². The molecule has 4 rings (SSSR count). The third-order valence-corrected chi connectivity index (χ3v) is 5.86. The zero-order chi connectivity index (χ0) is 26.4. The minimum absolute atomic E-state index is 0.243. The van der Waals surface area contributed by atoms with Gasteiger partial charge in [-0.1, -0.05) is 30.3 Å². The number of aliphatic hydroxyl groups is 1. The second-order valence-electron chi connectivity index (χ2n) is 10.4. The summed E-state index contributed by atoms with van der Waals surface area (Å²) in [5.74, 6) is 2.21. The number of benzene rings is 2. The van der Waals surface area contributed by atoms with Gasteiger partial charge in [0, 0.05) is 13.1 Å². The second-order valence-corrected chi connectivity index (χ2v) is 10.4. The molecule has 196 valence electrons. The molecule has 0 unspecified atom stereocenters. The first-order valence-corrected chi connectivity index (χ1v) is 12.6. The summed E-state index contributed by atoms with van der Waals surface area (Å²) < 4.78 is 19.8. The van der Waals surface area contributed by atoms with Crippen LogP contribution in [0.3, 0.4) is 0 Å². The molecule has 2 aromatic carbocycles. The molecule has 0 spiro atoms. The molecule has 1 atom stereocenters. The highest BCUT2D eigenvalue weighted by Crippen LogP contribution is 2.32. The van der Waals surface area contributed by atoms with Crippen molar-refractivity contribution in [1.29, 1.82) is 0 Å². The van der Waals surface area contributed by atoms with Gasteiger partial charge in [0.25, 0.3) is 0 Å². The maximum Gasteiger partial charge on any atom is 0.227 e. The van der Waals surface area contributed by atoms with Gasteiger partial charge in [0.2, 0.25) is 5.88 Å². The number of aryl methyl sites for hydroxylation is 2. The Morgan fingerprint density at radius 2 is 1.78 bits per heavy atom. The number of aliphatic hydroxyl groups excluding tert-OH is 1. The molecular formula is C30H37N3O4. The molecule has 1 N–H and O–H groups in total. The van der Waals surface area contributed by atoms with E-state index in [1.807, 2.05) is 106 Å². The Bertz CT molecular complexity index is 1260. The summed E-state index contributed by atoms with van der Waals surface area (Å²) in [6.45, 7) is 11.7. The van der Waals surface area contributed by atoms with E-state index in [9.17, 15) is 5.11 Å². The molecule has 0 aliphatic rings. The normalized spacial score (nSPS) is 12.7. The van der Waals surface area contributed by atoms with Crippen LogP contribution in [0.5, 0.6) is 11.6 Å². The SMILES string of the molecule is Cc1cccc(Oc2c(CN(Cc3ccco3)C[C@H](O)COC(C)(C)C)c(C)nn2-c2ccccc2)c1. The van der Waals surface area contributed by atoms with Gasteiger partial charge < -0.3 is 19.0 Å². The number of ether oxygens (including phenoxy) is 2. The Hall–Kier alpha value is -3.39. The van der Waals surface area contributed by atoms with Gasteiger partial charge in [-0.25, -0.2) is 4.68 Å². The molecule has 4 aromatic rings. The fourth-order valence-electron chi connectivity index (χ4n) is 4.09. The summed E-state index contributed by atoms with van der Waals surface area (Å²) in [5.41, 5.74) is 3.51. The lowest BCUT2D eigenvalue weighted by Crippen LogP contribution is -2.36. The van der Waals surface area contributed by atoms with Crippen LogP contribution in [-0.4, -0.2) is 44.6 Å². The minimum atomic E-state index is -0.667.